The van der Waals surface area contributed by atoms with Crippen LogP contribution in [0.3, 0.4) is 0 Å². The topological polar surface area (TPSA) is 17.0 Å². The molecule has 5 rings (SSSR count). The first kappa shape index (κ1) is 15.9. The van der Waals surface area contributed by atoms with Crippen molar-refractivity contribution in [3.63, 3.8) is 0 Å². The van der Waals surface area contributed by atoms with Gasteiger partial charge in [-0.25, -0.2) is 4.57 Å². The fraction of sp³-hybridized carbons (Fsp3) is 0.192. The summed E-state index contributed by atoms with van der Waals surface area (Å²) in [6.45, 7) is 5.97. The monoisotopic (exact) mass is 367 g/mol. The standard InChI is InChI=1S/C26H24NO/c1-16(2)18-11-12-27(4)23(14-18)25-17(3)9-10-21-22-13-19-7-5-6-8-20(19)15-24(22)28-26(21)25/h5-16H,1-4H3/q+1/i16D. The molecule has 2 nitrogen and oxygen atoms in total. The first-order chi connectivity index (χ1) is 13.8. The average molecular weight is 367 g/mol. The Balaban J connectivity index is 1.87. The Morgan fingerprint density at radius 2 is 1.68 bits per heavy atom. The van der Waals surface area contributed by atoms with E-state index in [0.717, 1.165) is 44.3 Å². The lowest BCUT2D eigenvalue weighted by Crippen LogP contribution is -2.31. The smallest absolute Gasteiger partial charge is 0.216 e. The predicted octanol–water partition coefficient (Wildman–Crippen LogP) is 6.66. The van der Waals surface area contributed by atoms with E-state index in [1.165, 1.54) is 10.8 Å². The summed E-state index contributed by atoms with van der Waals surface area (Å²) in [5.41, 5.74) is 6.13. The maximum atomic E-state index is 8.46. The first-order valence-electron chi connectivity index (χ1n) is 10.2. The molecule has 0 aliphatic carbocycles. The van der Waals surface area contributed by atoms with Gasteiger partial charge in [0.25, 0.3) is 0 Å². The highest BCUT2D eigenvalue weighted by Crippen LogP contribution is 2.38. The number of hydrogen-bond acceptors (Lipinski definition) is 1. The summed E-state index contributed by atoms with van der Waals surface area (Å²) in [6.07, 6.45) is 2.04. The molecule has 2 heteroatoms. The summed E-state index contributed by atoms with van der Waals surface area (Å²) in [6, 6.07) is 21.2. The highest BCUT2D eigenvalue weighted by molar-refractivity contribution is 6.13. The second-order valence-electron chi connectivity index (χ2n) is 7.84. The maximum absolute atomic E-state index is 8.46. The molecule has 0 radical (unpaired) electrons. The van der Waals surface area contributed by atoms with Crippen molar-refractivity contribution in [2.24, 2.45) is 7.05 Å². The van der Waals surface area contributed by atoms with Gasteiger partial charge in [-0.2, -0.15) is 0 Å². The molecule has 138 valence electrons. The highest BCUT2D eigenvalue weighted by atomic mass is 16.3. The van der Waals surface area contributed by atoms with E-state index in [0.29, 0.717) is 0 Å². The van der Waals surface area contributed by atoms with Crippen LogP contribution in [0.2, 0.25) is 0 Å². The van der Waals surface area contributed by atoms with Gasteiger partial charge in [0.05, 0.1) is 5.56 Å². The molecule has 0 saturated carbocycles. The van der Waals surface area contributed by atoms with Crippen LogP contribution in [0, 0.1) is 6.92 Å². The molecule has 0 amide bonds. The normalized spacial score (nSPS) is 12.8. The van der Waals surface area contributed by atoms with Crippen molar-refractivity contribution < 1.29 is 10.4 Å². The van der Waals surface area contributed by atoms with Gasteiger partial charge in [-0.3, -0.25) is 0 Å². The van der Waals surface area contributed by atoms with Crippen molar-refractivity contribution in [2.45, 2.75) is 26.7 Å². The summed E-state index contributed by atoms with van der Waals surface area (Å²) in [5.74, 6) is -0.656. The third-order valence-corrected chi connectivity index (χ3v) is 5.70. The second-order valence-corrected chi connectivity index (χ2v) is 7.84. The fourth-order valence-corrected chi connectivity index (χ4v) is 4.07. The minimum Gasteiger partial charge on any atom is -0.455 e. The van der Waals surface area contributed by atoms with Gasteiger partial charge in [0, 0.05) is 24.3 Å². The van der Waals surface area contributed by atoms with E-state index < -0.39 is 5.89 Å². The van der Waals surface area contributed by atoms with Crippen LogP contribution in [0.5, 0.6) is 0 Å². The summed E-state index contributed by atoms with van der Waals surface area (Å²) < 4.78 is 17.0. The molecule has 0 N–H and O–H groups in total. The van der Waals surface area contributed by atoms with Gasteiger partial charge < -0.3 is 4.42 Å². The Labute approximate surface area is 166 Å². The number of aromatic nitrogens is 1. The molecule has 0 unspecified atom stereocenters. The Morgan fingerprint density at radius 1 is 0.929 bits per heavy atom. The summed E-state index contributed by atoms with van der Waals surface area (Å²) in [5, 5.41) is 4.66. The molecular weight excluding hydrogens is 342 g/mol. The van der Waals surface area contributed by atoms with Crippen molar-refractivity contribution in [3.8, 4) is 11.3 Å². The number of benzene rings is 3. The Kier molecular flexibility index (Phi) is 3.52. The van der Waals surface area contributed by atoms with Gasteiger partial charge in [0.15, 0.2) is 6.20 Å². The van der Waals surface area contributed by atoms with Crippen molar-refractivity contribution in [3.05, 3.63) is 78.0 Å². The minimum atomic E-state index is -0.656. The molecule has 0 bridgehead atoms. The number of hydrogen-bond donors (Lipinski definition) is 0. The lowest BCUT2D eigenvalue weighted by molar-refractivity contribution is -0.660. The Hall–Kier alpha value is -3.13. The predicted molar refractivity (Wildman–Crippen MR) is 117 cm³/mol. The van der Waals surface area contributed by atoms with Crippen LogP contribution in [-0.2, 0) is 7.05 Å². The second kappa shape index (κ2) is 6.20. The number of fused-ring (bicyclic) bond motifs is 4. The Morgan fingerprint density at radius 3 is 2.43 bits per heavy atom. The Bertz CT molecular complexity index is 1410. The quantitative estimate of drug-likeness (QED) is 0.319. The van der Waals surface area contributed by atoms with Crippen LogP contribution in [0.1, 0.15) is 32.2 Å². The van der Waals surface area contributed by atoms with Crippen LogP contribution in [0.4, 0.5) is 0 Å². The van der Waals surface area contributed by atoms with Gasteiger partial charge in [-0.1, -0.05) is 50.2 Å². The van der Waals surface area contributed by atoms with Gasteiger partial charge in [0.1, 0.15) is 18.2 Å². The number of rotatable bonds is 2. The lowest BCUT2D eigenvalue weighted by Gasteiger charge is -2.09. The number of furan rings is 1. The van der Waals surface area contributed by atoms with Gasteiger partial charge >= 0.3 is 0 Å². The van der Waals surface area contributed by atoms with E-state index >= 15 is 0 Å². The molecule has 0 fully saturated rings. The molecule has 0 saturated heterocycles. The molecule has 0 aliphatic heterocycles. The van der Waals surface area contributed by atoms with Crippen LogP contribution in [0.25, 0.3) is 44.0 Å². The molecular formula is C26H24NO+. The number of nitrogens with zero attached hydrogens (tertiary/aromatic N) is 1. The molecule has 28 heavy (non-hydrogen) atoms. The van der Waals surface area contributed by atoms with Crippen LogP contribution < -0.4 is 4.57 Å². The average Bonchev–Trinajstić information content (AvgIpc) is 3.03. The fourth-order valence-electron chi connectivity index (χ4n) is 4.07. The van der Waals surface area contributed by atoms with E-state index in [4.69, 9.17) is 5.79 Å². The molecule has 0 aliphatic rings. The minimum absolute atomic E-state index is 0.656. The van der Waals surface area contributed by atoms with Crippen LogP contribution in [-0.4, -0.2) is 0 Å². The van der Waals surface area contributed by atoms with E-state index in [1.807, 2.05) is 33.2 Å². The number of aryl methyl sites for hydroxylation is 2. The molecule has 0 spiro atoms. The molecule has 0 atom stereocenters. The van der Waals surface area contributed by atoms with Gasteiger partial charge in [-0.05, 0) is 46.8 Å². The molecule has 2 heterocycles. The third kappa shape index (κ3) is 2.52. The number of pyridine rings is 1. The molecule has 5 aromatic rings. The van der Waals surface area contributed by atoms with Gasteiger partial charge in [-0.15, -0.1) is 0 Å². The third-order valence-electron chi connectivity index (χ3n) is 5.70. The van der Waals surface area contributed by atoms with E-state index in [2.05, 4.69) is 66.1 Å². The summed E-state index contributed by atoms with van der Waals surface area (Å²) >= 11 is 0. The molecule has 3 aromatic carbocycles. The summed E-state index contributed by atoms with van der Waals surface area (Å²) in [4.78, 5) is 0. The largest absolute Gasteiger partial charge is 0.455 e. The van der Waals surface area contributed by atoms with Crippen LogP contribution >= 0.6 is 0 Å². The van der Waals surface area contributed by atoms with Gasteiger partial charge in [0.2, 0.25) is 5.69 Å². The van der Waals surface area contributed by atoms with Crippen molar-refractivity contribution in [1.29, 1.82) is 0 Å². The van der Waals surface area contributed by atoms with E-state index in [1.54, 1.807) is 0 Å². The SMILES string of the molecule is [2H]C(C)(C)c1cc[n+](C)c(-c2c(C)ccc3c2oc2cc4ccccc4cc23)c1. The highest BCUT2D eigenvalue weighted by Gasteiger charge is 2.21. The maximum Gasteiger partial charge on any atom is 0.216 e. The van der Waals surface area contributed by atoms with E-state index in [9.17, 15) is 0 Å². The zero-order valence-electron chi connectivity index (χ0n) is 17.7. The van der Waals surface area contributed by atoms with Crippen molar-refractivity contribution in [1.82, 2.24) is 0 Å². The van der Waals surface area contributed by atoms with E-state index in [-0.39, 0.29) is 0 Å². The zero-order valence-corrected chi connectivity index (χ0v) is 16.7. The molecule has 2 aromatic heterocycles. The lowest BCUT2D eigenvalue weighted by atomic mass is 9.97. The van der Waals surface area contributed by atoms with Crippen molar-refractivity contribution in [2.75, 3.05) is 0 Å². The first-order valence-corrected chi connectivity index (χ1v) is 9.68. The summed E-state index contributed by atoms with van der Waals surface area (Å²) in [7, 11) is 2.05. The van der Waals surface area contributed by atoms with Crippen LogP contribution in [0.15, 0.2) is 71.3 Å². The van der Waals surface area contributed by atoms with Crippen molar-refractivity contribution >= 4 is 32.7 Å². The zero-order chi connectivity index (χ0) is 20.3.